The number of hydrogen-bond acceptors (Lipinski definition) is 0. The molecule has 0 aromatic rings. The Hall–Kier alpha value is 1.12. The van der Waals surface area contributed by atoms with Crippen molar-refractivity contribution in [3.63, 3.8) is 0 Å². The largest absolute Gasteiger partial charge is 2.00 e. The predicted molar refractivity (Wildman–Crippen MR) is 31.3 cm³/mol. The minimum atomic E-state index is 0. The van der Waals surface area contributed by atoms with Crippen molar-refractivity contribution in [2.24, 2.45) is 0 Å². The second-order valence-corrected chi connectivity index (χ2v) is 1.000. The van der Waals surface area contributed by atoms with E-state index in [1.54, 1.807) is 0 Å². The monoisotopic (exact) mass is 156 g/mol. The Kier molecular flexibility index (Phi) is 121. The Morgan fingerprint density at radius 1 is 1.00 bits per heavy atom. The van der Waals surface area contributed by atoms with Gasteiger partial charge in [0.25, 0.3) is 0 Å². The van der Waals surface area contributed by atoms with Crippen LogP contribution in [0.2, 0.25) is 0 Å². The van der Waals surface area contributed by atoms with Crippen molar-refractivity contribution in [2.75, 3.05) is 0 Å². The first-order valence-electron chi connectivity index (χ1n) is 2.41. The van der Waals surface area contributed by atoms with Crippen LogP contribution in [0.25, 0.3) is 0 Å². The van der Waals surface area contributed by atoms with Crippen LogP contribution in [-0.2, 0) is 17.1 Å². The Morgan fingerprint density at radius 3 is 1.00 bits per heavy atom. The zero-order valence-electron chi connectivity index (χ0n) is 6.13. The summed E-state index contributed by atoms with van der Waals surface area (Å²) >= 11 is 0. The Morgan fingerprint density at radius 2 is 1.00 bits per heavy atom. The van der Waals surface area contributed by atoms with Crippen molar-refractivity contribution >= 4 is 0 Å². The van der Waals surface area contributed by atoms with Crippen LogP contribution in [0.15, 0.2) is 0 Å². The minimum Gasteiger partial charge on any atom is -0.344 e. The molecule has 0 amide bonds. The first-order valence-corrected chi connectivity index (χ1v) is 2.41. The van der Waals surface area contributed by atoms with Gasteiger partial charge in [0.1, 0.15) is 0 Å². The number of rotatable bonds is 0. The van der Waals surface area contributed by atoms with Crippen LogP contribution < -0.4 is 18.9 Å². The molecule has 0 atom stereocenters. The van der Waals surface area contributed by atoms with Crippen LogP contribution >= 0.6 is 0 Å². The molecule has 0 bridgehead atoms. The van der Waals surface area contributed by atoms with E-state index in [0.717, 1.165) is 12.8 Å². The van der Waals surface area contributed by atoms with E-state index in [1.807, 2.05) is 13.8 Å². The second kappa shape index (κ2) is 42.3. The van der Waals surface area contributed by atoms with Crippen molar-refractivity contribution in [2.45, 2.75) is 26.7 Å². The smallest absolute Gasteiger partial charge is 0.344 e. The molecule has 0 nitrogen and oxygen atoms in total. The van der Waals surface area contributed by atoms with Crippen molar-refractivity contribution in [3.05, 3.63) is 13.8 Å². The average molecular weight is 157 g/mol. The fraction of sp³-hybridized carbons (Fsp3) is 0.667. The second-order valence-electron chi connectivity index (χ2n) is 1.000. The van der Waals surface area contributed by atoms with Gasteiger partial charge in [-0.15, -0.1) is 0 Å². The molecule has 0 aliphatic rings. The summed E-state index contributed by atoms with van der Waals surface area (Å²) in [6, 6.07) is 0. The van der Waals surface area contributed by atoms with Crippen LogP contribution in [-0.4, -0.2) is 0 Å². The topological polar surface area (TPSA) is 0 Å². The van der Waals surface area contributed by atoms with Crippen LogP contribution in [0, 0.1) is 13.8 Å². The molecule has 0 saturated carbocycles. The molecule has 49 valence electrons. The molecule has 1 radical (unpaired) electrons. The van der Waals surface area contributed by atoms with Crippen molar-refractivity contribution in [1.82, 2.24) is 0 Å². The van der Waals surface area contributed by atoms with Gasteiger partial charge in [0.2, 0.25) is 0 Å². The first kappa shape index (κ1) is 22.9. The maximum atomic E-state index is 3.49. The fourth-order valence-corrected chi connectivity index (χ4v) is 0. The van der Waals surface area contributed by atoms with E-state index < -0.39 is 0 Å². The Labute approximate surface area is 76.5 Å². The van der Waals surface area contributed by atoms with E-state index in [9.17, 15) is 0 Å². The minimum absolute atomic E-state index is 0. The summed E-state index contributed by atoms with van der Waals surface area (Å²) in [5.74, 6) is 0. The molecule has 0 spiro atoms. The van der Waals surface area contributed by atoms with Crippen molar-refractivity contribution in [3.8, 4) is 0 Å². The Bertz CT molecular complexity index is 10.5. The molecule has 0 aliphatic heterocycles. The predicted octanol–water partition coefficient (Wildman–Crippen LogP) is -0.538. The third-order valence-corrected chi connectivity index (χ3v) is 0. The molecule has 2 heteroatoms. The summed E-state index contributed by atoms with van der Waals surface area (Å²) in [5.41, 5.74) is 0. The van der Waals surface area contributed by atoms with E-state index in [0.29, 0.717) is 0 Å². The third kappa shape index (κ3) is 213. The van der Waals surface area contributed by atoms with E-state index >= 15 is 0 Å². The molecule has 0 rings (SSSR count). The fourth-order valence-electron chi connectivity index (χ4n) is 0. The van der Waals surface area contributed by atoms with E-state index in [2.05, 4.69) is 13.8 Å². The van der Waals surface area contributed by atoms with Crippen molar-refractivity contribution in [1.29, 1.82) is 0 Å². The first-order chi connectivity index (χ1) is 2.83. The molecule has 0 heterocycles. The SMILES string of the molecule is [CH2-]CC.[CH2-]CC.[Cu+2].[Li+]. The van der Waals surface area contributed by atoms with E-state index in [4.69, 9.17) is 0 Å². The molecule has 8 heavy (non-hydrogen) atoms. The van der Waals surface area contributed by atoms with Crippen LogP contribution in [0.3, 0.4) is 0 Å². The maximum absolute atomic E-state index is 3.49. The van der Waals surface area contributed by atoms with Gasteiger partial charge in [0.05, 0.1) is 0 Å². The summed E-state index contributed by atoms with van der Waals surface area (Å²) in [5, 5.41) is 0. The van der Waals surface area contributed by atoms with E-state index in [1.165, 1.54) is 0 Å². The quantitative estimate of drug-likeness (QED) is 0.327. The van der Waals surface area contributed by atoms with Crippen LogP contribution in [0.5, 0.6) is 0 Å². The van der Waals surface area contributed by atoms with Gasteiger partial charge in [-0.3, -0.25) is 0 Å². The standard InChI is InChI=1S/2C3H7.Cu.Li/c2*1-3-2;;/h2*1,3H2,2H3;;/q2*-1;+2;+1. The van der Waals surface area contributed by atoms with Crippen LogP contribution in [0.1, 0.15) is 26.7 Å². The van der Waals surface area contributed by atoms with Gasteiger partial charge in [-0.2, -0.15) is 12.8 Å². The third-order valence-electron chi connectivity index (χ3n) is 0. The molecule has 0 aromatic carbocycles. The molecule has 0 aromatic heterocycles. The molecular formula is C6H14CuLi+. The zero-order valence-corrected chi connectivity index (χ0v) is 7.07. The maximum Gasteiger partial charge on any atom is 2.00 e. The normalized spacial score (nSPS) is 4.50. The van der Waals surface area contributed by atoms with Gasteiger partial charge in [-0.1, -0.05) is 13.8 Å². The molecule has 0 saturated heterocycles. The average Bonchev–Trinajstić information content (AvgIpc) is 1.39. The summed E-state index contributed by atoms with van der Waals surface area (Å²) < 4.78 is 0. The molecule has 0 N–H and O–H groups in total. The van der Waals surface area contributed by atoms with Crippen LogP contribution in [0.4, 0.5) is 0 Å². The molecule has 0 fully saturated rings. The van der Waals surface area contributed by atoms with Gasteiger partial charge in [-0.05, 0) is 0 Å². The molecule has 0 unspecified atom stereocenters. The van der Waals surface area contributed by atoms with Gasteiger partial charge in [-0.25, -0.2) is 0 Å². The molecular weight excluding hydrogens is 143 g/mol. The van der Waals surface area contributed by atoms with Gasteiger partial charge in [0.15, 0.2) is 0 Å². The van der Waals surface area contributed by atoms with Crippen molar-refractivity contribution < 1.29 is 35.9 Å². The summed E-state index contributed by atoms with van der Waals surface area (Å²) in [7, 11) is 0. The number of hydrogen-bond donors (Lipinski definition) is 0. The molecule has 0 aliphatic carbocycles. The summed E-state index contributed by atoms with van der Waals surface area (Å²) in [6.07, 6.45) is 2.00. The van der Waals surface area contributed by atoms with Gasteiger partial charge < -0.3 is 13.8 Å². The van der Waals surface area contributed by atoms with E-state index in [-0.39, 0.29) is 35.9 Å². The summed E-state index contributed by atoms with van der Waals surface area (Å²) in [4.78, 5) is 0. The van der Waals surface area contributed by atoms with Gasteiger partial charge in [0, 0.05) is 0 Å². The summed E-state index contributed by atoms with van der Waals surface area (Å²) in [6.45, 7) is 11.0. The van der Waals surface area contributed by atoms with Gasteiger partial charge >= 0.3 is 35.9 Å². The zero-order chi connectivity index (χ0) is 5.41. The Balaban J connectivity index is -0.0000000160.